The maximum atomic E-state index is 13.6. The minimum atomic E-state index is -3.04. The molecule has 9 heteroatoms. The van der Waals surface area contributed by atoms with Gasteiger partial charge in [-0.2, -0.15) is 0 Å². The smallest absolute Gasteiger partial charge is 0.238 e. The molecule has 1 unspecified atom stereocenters. The second-order valence-electron chi connectivity index (χ2n) is 5.49. The molecule has 1 saturated heterocycles. The summed E-state index contributed by atoms with van der Waals surface area (Å²) in [5, 5.41) is 2.38. The Hall–Kier alpha value is -1.74. The number of hydrogen-bond donors (Lipinski definition) is 1. The van der Waals surface area contributed by atoms with Crippen LogP contribution in [0.25, 0.3) is 0 Å². The van der Waals surface area contributed by atoms with Crippen LogP contribution >= 0.6 is 0 Å². The van der Waals surface area contributed by atoms with Gasteiger partial charge in [0.1, 0.15) is 0 Å². The lowest BCUT2D eigenvalue weighted by Crippen LogP contribution is -2.38. The number of carbonyl (C=O) groups is 1. The van der Waals surface area contributed by atoms with E-state index in [1.165, 1.54) is 0 Å². The molecule has 0 spiro atoms. The first-order valence-electron chi connectivity index (χ1n) is 6.95. The molecule has 2 rings (SSSR count). The number of hydrogen-bond acceptors (Lipinski definition) is 5. The standard InChI is InChI=1S/C14H18F2N2O4S/c1-18(10-3-4-23(20,21)8-10)7-13(19)17-9-5-11(15)14(22-2)12(16)6-9/h5-6,10H,3-4,7-8H2,1-2H3,(H,17,19). The van der Waals surface area contributed by atoms with Gasteiger partial charge in [0, 0.05) is 23.9 Å². The number of rotatable bonds is 5. The van der Waals surface area contributed by atoms with Gasteiger partial charge in [-0.15, -0.1) is 0 Å². The zero-order valence-electron chi connectivity index (χ0n) is 12.8. The highest BCUT2D eigenvalue weighted by Crippen LogP contribution is 2.25. The van der Waals surface area contributed by atoms with Crippen molar-refractivity contribution in [2.45, 2.75) is 12.5 Å². The van der Waals surface area contributed by atoms with Gasteiger partial charge in [-0.05, 0) is 13.5 Å². The Kier molecular flexibility index (Phi) is 5.20. The van der Waals surface area contributed by atoms with Gasteiger partial charge in [-0.3, -0.25) is 9.69 Å². The fraction of sp³-hybridized carbons (Fsp3) is 0.500. The minimum Gasteiger partial charge on any atom is -0.491 e. The van der Waals surface area contributed by atoms with Crippen molar-refractivity contribution in [2.24, 2.45) is 0 Å². The van der Waals surface area contributed by atoms with E-state index in [1.54, 1.807) is 11.9 Å². The first kappa shape index (κ1) is 17.6. The Labute approximate surface area is 133 Å². The lowest BCUT2D eigenvalue weighted by Gasteiger charge is -2.22. The molecule has 0 radical (unpaired) electrons. The van der Waals surface area contributed by atoms with Crippen LogP contribution in [0, 0.1) is 11.6 Å². The zero-order chi connectivity index (χ0) is 17.2. The molecule has 0 saturated carbocycles. The van der Waals surface area contributed by atoms with E-state index in [9.17, 15) is 22.0 Å². The van der Waals surface area contributed by atoms with E-state index < -0.39 is 33.1 Å². The monoisotopic (exact) mass is 348 g/mol. The van der Waals surface area contributed by atoms with Gasteiger partial charge in [0.15, 0.2) is 27.2 Å². The molecule has 128 valence electrons. The van der Waals surface area contributed by atoms with Gasteiger partial charge >= 0.3 is 0 Å². The van der Waals surface area contributed by atoms with Crippen molar-refractivity contribution in [3.8, 4) is 5.75 Å². The highest BCUT2D eigenvalue weighted by atomic mass is 32.2. The summed E-state index contributed by atoms with van der Waals surface area (Å²) in [5.41, 5.74) is -0.0294. The van der Waals surface area contributed by atoms with Crippen LogP contribution in [-0.4, -0.2) is 57.5 Å². The van der Waals surface area contributed by atoms with E-state index in [1.807, 2.05) is 0 Å². The molecule has 1 aliphatic rings. The number of anilines is 1. The molecule has 1 fully saturated rings. The number of halogens is 2. The van der Waals surface area contributed by atoms with Gasteiger partial charge in [-0.25, -0.2) is 17.2 Å². The van der Waals surface area contributed by atoms with Gasteiger partial charge in [0.05, 0.1) is 25.2 Å². The highest BCUT2D eigenvalue weighted by molar-refractivity contribution is 7.91. The van der Waals surface area contributed by atoms with Crippen molar-refractivity contribution in [3.05, 3.63) is 23.8 Å². The quantitative estimate of drug-likeness (QED) is 0.860. The number of carbonyl (C=O) groups excluding carboxylic acids is 1. The van der Waals surface area contributed by atoms with E-state index in [4.69, 9.17) is 0 Å². The third-order valence-electron chi connectivity index (χ3n) is 3.71. The zero-order valence-corrected chi connectivity index (χ0v) is 13.6. The van der Waals surface area contributed by atoms with Crippen LogP contribution in [0.5, 0.6) is 5.75 Å². The molecule has 1 heterocycles. The van der Waals surface area contributed by atoms with E-state index in [-0.39, 0.29) is 29.8 Å². The molecule has 1 amide bonds. The molecule has 1 atom stereocenters. The summed E-state index contributed by atoms with van der Waals surface area (Å²) in [6, 6.07) is 1.69. The van der Waals surface area contributed by atoms with Crippen LogP contribution in [0.1, 0.15) is 6.42 Å². The maximum absolute atomic E-state index is 13.6. The Morgan fingerprint density at radius 1 is 1.39 bits per heavy atom. The van der Waals surface area contributed by atoms with E-state index >= 15 is 0 Å². The van der Waals surface area contributed by atoms with Crippen LogP contribution < -0.4 is 10.1 Å². The van der Waals surface area contributed by atoms with Crippen LogP contribution in [0.4, 0.5) is 14.5 Å². The number of likely N-dealkylation sites (N-methyl/N-ethyl adjacent to an activating group) is 1. The Morgan fingerprint density at radius 3 is 2.48 bits per heavy atom. The molecule has 6 nitrogen and oxygen atoms in total. The summed E-state index contributed by atoms with van der Waals surface area (Å²) in [7, 11) is -0.258. The molecule has 0 aromatic heterocycles. The van der Waals surface area contributed by atoms with E-state index in [0.717, 1.165) is 19.2 Å². The van der Waals surface area contributed by atoms with Gasteiger partial charge in [0.2, 0.25) is 5.91 Å². The SMILES string of the molecule is COc1c(F)cc(NC(=O)CN(C)C2CCS(=O)(=O)C2)cc1F. The van der Waals surface area contributed by atoms with Crippen molar-refractivity contribution < 1.29 is 26.7 Å². The van der Waals surface area contributed by atoms with Crippen LogP contribution in [0.15, 0.2) is 12.1 Å². The van der Waals surface area contributed by atoms with Crippen molar-refractivity contribution in [2.75, 3.05) is 37.5 Å². The van der Waals surface area contributed by atoms with Crippen molar-refractivity contribution in [1.82, 2.24) is 4.90 Å². The number of ether oxygens (including phenoxy) is 1. The number of sulfone groups is 1. The molecule has 1 N–H and O–H groups in total. The van der Waals surface area contributed by atoms with Gasteiger partial charge in [0.25, 0.3) is 0 Å². The molecule has 1 aromatic carbocycles. The van der Waals surface area contributed by atoms with Crippen LogP contribution in [-0.2, 0) is 14.6 Å². The molecule has 0 aliphatic carbocycles. The summed E-state index contributed by atoms with van der Waals surface area (Å²) in [6.07, 6.45) is 0.470. The number of benzene rings is 1. The Bertz CT molecular complexity index is 686. The Balaban J connectivity index is 1.97. The predicted molar refractivity (Wildman–Crippen MR) is 81.2 cm³/mol. The maximum Gasteiger partial charge on any atom is 0.238 e. The predicted octanol–water partition coefficient (Wildman–Crippen LogP) is 1.03. The number of nitrogens with zero attached hydrogens (tertiary/aromatic N) is 1. The lowest BCUT2D eigenvalue weighted by molar-refractivity contribution is -0.117. The summed E-state index contributed by atoms with van der Waals surface area (Å²) in [6.45, 7) is -0.0740. The fourth-order valence-electron chi connectivity index (χ4n) is 2.51. The second-order valence-corrected chi connectivity index (χ2v) is 7.72. The Morgan fingerprint density at radius 2 is 2.00 bits per heavy atom. The highest BCUT2D eigenvalue weighted by Gasteiger charge is 2.31. The average molecular weight is 348 g/mol. The normalized spacial score (nSPS) is 19.8. The summed E-state index contributed by atoms with van der Waals surface area (Å²) in [5.74, 6) is -2.71. The van der Waals surface area contributed by atoms with E-state index in [0.29, 0.717) is 6.42 Å². The first-order valence-corrected chi connectivity index (χ1v) is 8.77. The third-order valence-corrected chi connectivity index (χ3v) is 5.46. The summed E-state index contributed by atoms with van der Waals surface area (Å²) >= 11 is 0. The molecular formula is C14H18F2N2O4S. The number of amides is 1. The van der Waals surface area contributed by atoms with Crippen molar-refractivity contribution >= 4 is 21.4 Å². The van der Waals surface area contributed by atoms with Crippen molar-refractivity contribution in [1.29, 1.82) is 0 Å². The molecular weight excluding hydrogens is 330 g/mol. The lowest BCUT2D eigenvalue weighted by atomic mass is 10.2. The molecule has 1 aromatic rings. The molecule has 1 aliphatic heterocycles. The third kappa shape index (κ3) is 4.38. The minimum absolute atomic E-state index is 0.0164. The first-order chi connectivity index (χ1) is 10.7. The van der Waals surface area contributed by atoms with Crippen LogP contribution in [0.2, 0.25) is 0 Å². The number of nitrogens with one attached hydrogen (secondary N) is 1. The van der Waals surface area contributed by atoms with Crippen molar-refractivity contribution in [3.63, 3.8) is 0 Å². The largest absolute Gasteiger partial charge is 0.491 e. The topological polar surface area (TPSA) is 75.7 Å². The van der Waals surface area contributed by atoms with Gasteiger partial charge < -0.3 is 10.1 Å². The summed E-state index contributed by atoms with van der Waals surface area (Å²) in [4.78, 5) is 13.6. The number of methoxy groups -OCH3 is 1. The van der Waals surface area contributed by atoms with Gasteiger partial charge in [-0.1, -0.05) is 0 Å². The van der Waals surface area contributed by atoms with E-state index in [2.05, 4.69) is 10.1 Å². The second kappa shape index (κ2) is 6.79. The molecule has 23 heavy (non-hydrogen) atoms. The average Bonchev–Trinajstić information content (AvgIpc) is 2.78. The van der Waals surface area contributed by atoms with Crippen LogP contribution in [0.3, 0.4) is 0 Å². The fourth-order valence-corrected chi connectivity index (χ4v) is 4.31. The molecule has 0 bridgehead atoms. The summed E-state index contributed by atoms with van der Waals surface area (Å²) < 4.78 is 54.6.